The van der Waals surface area contributed by atoms with E-state index < -0.39 is 0 Å². The number of ether oxygens (including phenoxy) is 2. The SMILES string of the molecule is COc1ccc(C(C)NC(=O)C(C)CCl)cc1OC. The van der Waals surface area contributed by atoms with E-state index in [4.69, 9.17) is 21.1 Å². The van der Waals surface area contributed by atoms with Gasteiger partial charge in [-0.25, -0.2) is 0 Å². The zero-order valence-electron chi connectivity index (χ0n) is 11.7. The quantitative estimate of drug-likeness (QED) is 0.818. The number of carbonyl (C=O) groups is 1. The van der Waals surface area contributed by atoms with Crippen LogP contribution in [-0.2, 0) is 4.79 Å². The fraction of sp³-hybridized carbons (Fsp3) is 0.500. The maximum atomic E-state index is 11.8. The summed E-state index contributed by atoms with van der Waals surface area (Å²) >= 11 is 5.67. The molecule has 2 unspecified atom stereocenters. The van der Waals surface area contributed by atoms with E-state index in [1.54, 1.807) is 21.1 Å². The van der Waals surface area contributed by atoms with E-state index in [0.717, 1.165) is 5.56 Å². The number of alkyl halides is 1. The number of amides is 1. The van der Waals surface area contributed by atoms with Crippen molar-refractivity contribution in [2.45, 2.75) is 19.9 Å². The molecule has 0 aliphatic rings. The molecule has 5 heteroatoms. The lowest BCUT2D eigenvalue weighted by Gasteiger charge is -2.18. The first-order valence-corrected chi connectivity index (χ1v) is 6.65. The molecule has 4 nitrogen and oxygen atoms in total. The Kier molecular flexibility index (Phi) is 5.96. The van der Waals surface area contributed by atoms with Gasteiger partial charge in [-0.3, -0.25) is 4.79 Å². The zero-order valence-corrected chi connectivity index (χ0v) is 12.5. The van der Waals surface area contributed by atoms with E-state index >= 15 is 0 Å². The standard InChI is InChI=1S/C14H20ClNO3/c1-9(8-15)14(17)16-10(2)11-5-6-12(18-3)13(7-11)19-4/h5-7,9-10H,8H2,1-4H3,(H,16,17). The zero-order chi connectivity index (χ0) is 14.4. The molecular formula is C14H20ClNO3. The molecule has 0 aliphatic carbocycles. The topological polar surface area (TPSA) is 47.6 Å². The molecule has 0 saturated carbocycles. The van der Waals surface area contributed by atoms with Gasteiger partial charge in [0.15, 0.2) is 11.5 Å². The van der Waals surface area contributed by atoms with Gasteiger partial charge in [0.05, 0.1) is 20.3 Å². The lowest BCUT2D eigenvalue weighted by atomic mass is 10.1. The Bertz CT molecular complexity index is 437. The van der Waals surface area contributed by atoms with Crippen LogP contribution in [0, 0.1) is 5.92 Å². The molecule has 0 fully saturated rings. The number of carbonyl (C=O) groups excluding carboxylic acids is 1. The van der Waals surface area contributed by atoms with Gasteiger partial charge in [0.2, 0.25) is 5.91 Å². The summed E-state index contributed by atoms with van der Waals surface area (Å²) in [6.45, 7) is 3.71. The van der Waals surface area contributed by atoms with Gasteiger partial charge in [-0.05, 0) is 24.6 Å². The first kappa shape index (κ1) is 15.6. The molecule has 0 heterocycles. The summed E-state index contributed by atoms with van der Waals surface area (Å²) in [6.07, 6.45) is 0. The maximum Gasteiger partial charge on any atom is 0.224 e. The number of halogens is 1. The van der Waals surface area contributed by atoms with Crippen molar-refractivity contribution in [2.24, 2.45) is 5.92 Å². The average Bonchev–Trinajstić information content (AvgIpc) is 2.45. The van der Waals surface area contributed by atoms with E-state index in [-0.39, 0.29) is 17.9 Å². The average molecular weight is 286 g/mol. The van der Waals surface area contributed by atoms with Crippen LogP contribution < -0.4 is 14.8 Å². The first-order chi connectivity index (χ1) is 9.03. The van der Waals surface area contributed by atoms with Gasteiger partial charge in [0, 0.05) is 11.8 Å². The van der Waals surface area contributed by atoms with E-state index in [1.165, 1.54) is 0 Å². The van der Waals surface area contributed by atoms with Crippen molar-refractivity contribution >= 4 is 17.5 Å². The summed E-state index contributed by atoms with van der Waals surface area (Å²) in [5.41, 5.74) is 0.952. The van der Waals surface area contributed by atoms with Crippen LogP contribution in [0.25, 0.3) is 0 Å². The molecule has 1 N–H and O–H groups in total. The highest BCUT2D eigenvalue weighted by atomic mass is 35.5. The summed E-state index contributed by atoms with van der Waals surface area (Å²) in [4.78, 5) is 11.8. The fourth-order valence-corrected chi connectivity index (χ4v) is 1.77. The van der Waals surface area contributed by atoms with Crippen molar-refractivity contribution in [2.75, 3.05) is 20.1 Å². The van der Waals surface area contributed by atoms with Crippen LogP contribution in [0.5, 0.6) is 11.5 Å². The smallest absolute Gasteiger partial charge is 0.224 e. The highest BCUT2D eigenvalue weighted by molar-refractivity contribution is 6.19. The van der Waals surface area contributed by atoms with Crippen molar-refractivity contribution < 1.29 is 14.3 Å². The molecule has 0 aromatic heterocycles. The van der Waals surface area contributed by atoms with Gasteiger partial charge in [-0.1, -0.05) is 13.0 Å². The largest absolute Gasteiger partial charge is 0.493 e. The Hall–Kier alpha value is -1.42. The normalized spacial score (nSPS) is 13.5. The number of hydrogen-bond donors (Lipinski definition) is 1. The third kappa shape index (κ3) is 4.03. The number of nitrogens with one attached hydrogen (secondary N) is 1. The molecular weight excluding hydrogens is 266 g/mol. The molecule has 1 rings (SSSR count). The summed E-state index contributed by atoms with van der Waals surface area (Å²) in [5.74, 6) is 1.36. The highest BCUT2D eigenvalue weighted by Gasteiger charge is 2.16. The Morgan fingerprint density at radius 3 is 2.42 bits per heavy atom. The third-order valence-electron chi connectivity index (χ3n) is 2.95. The first-order valence-electron chi connectivity index (χ1n) is 6.11. The molecule has 1 aromatic rings. The molecule has 2 atom stereocenters. The molecule has 106 valence electrons. The van der Waals surface area contributed by atoms with E-state index in [9.17, 15) is 4.79 Å². The molecule has 0 saturated heterocycles. The maximum absolute atomic E-state index is 11.8. The predicted octanol–water partition coefficient (Wildman–Crippen LogP) is 2.76. The summed E-state index contributed by atoms with van der Waals surface area (Å²) in [5, 5.41) is 2.92. The summed E-state index contributed by atoms with van der Waals surface area (Å²) in [7, 11) is 3.17. The van der Waals surface area contributed by atoms with E-state index in [1.807, 2.05) is 25.1 Å². The van der Waals surface area contributed by atoms with Gasteiger partial charge in [-0.15, -0.1) is 11.6 Å². The van der Waals surface area contributed by atoms with Crippen molar-refractivity contribution in [3.8, 4) is 11.5 Å². The van der Waals surface area contributed by atoms with Gasteiger partial charge in [0.25, 0.3) is 0 Å². The third-order valence-corrected chi connectivity index (χ3v) is 3.41. The van der Waals surface area contributed by atoms with Crippen molar-refractivity contribution in [3.05, 3.63) is 23.8 Å². The van der Waals surface area contributed by atoms with Crippen LogP contribution in [0.15, 0.2) is 18.2 Å². The molecule has 0 spiro atoms. The Balaban J connectivity index is 2.82. The Morgan fingerprint density at radius 1 is 1.26 bits per heavy atom. The second-order valence-corrected chi connectivity index (χ2v) is 4.71. The Labute approximate surface area is 119 Å². The number of benzene rings is 1. The minimum Gasteiger partial charge on any atom is -0.493 e. The van der Waals surface area contributed by atoms with Crippen LogP contribution in [0.4, 0.5) is 0 Å². The number of hydrogen-bond acceptors (Lipinski definition) is 3. The van der Waals surface area contributed by atoms with Crippen LogP contribution in [0.1, 0.15) is 25.5 Å². The van der Waals surface area contributed by atoms with Gasteiger partial charge in [-0.2, -0.15) is 0 Å². The van der Waals surface area contributed by atoms with Crippen LogP contribution in [0.2, 0.25) is 0 Å². The van der Waals surface area contributed by atoms with E-state index in [2.05, 4.69) is 5.32 Å². The van der Waals surface area contributed by atoms with E-state index in [0.29, 0.717) is 17.4 Å². The fourth-order valence-electron chi connectivity index (χ4n) is 1.63. The second-order valence-electron chi connectivity index (χ2n) is 4.40. The molecule has 0 bridgehead atoms. The van der Waals surface area contributed by atoms with Gasteiger partial charge >= 0.3 is 0 Å². The second kappa shape index (κ2) is 7.24. The van der Waals surface area contributed by atoms with Gasteiger partial charge < -0.3 is 14.8 Å². The minimum atomic E-state index is -0.204. The monoisotopic (exact) mass is 285 g/mol. The van der Waals surface area contributed by atoms with Crippen molar-refractivity contribution in [1.82, 2.24) is 5.32 Å². The summed E-state index contributed by atoms with van der Waals surface area (Å²) < 4.78 is 10.4. The predicted molar refractivity (Wildman–Crippen MR) is 76.0 cm³/mol. The van der Waals surface area contributed by atoms with Gasteiger partial charge in [0.1, 0.15) is 0 Å². The van der Waals surface area contributed by atoms with Crippen LogP contribution in [-0.4, -0.2) is 26.0 Å². The molecule has 1 amide bonds. The molecule has 0 aliphatic heterocycles. The summed E-state index contributed by atoms with van der Waals surface area (Å²) in [6, 6.07) is 5.46. The molecule has 19 heavy (non-hydrogen) atoms. The number of rotatable bonds is 6. The molecule has 1 aromatic carbocycles. The lowest BCUT2D eigenvalue weighted by molar-refractivity contribution is -0.124. The molecule has 0 radical (unpaired) electrons. The Morgan fingerprint density at radius 2 is 1.89 bits per heavy atom. The lowest BCUT2D eigenvalue weighted by Crippen LogP contribution is -2.32. The van der Waals surface area contributed by atoms with Crippen molar-refractivity contribution in [1.29, 1.82) is 0 Å². The minimum absolute atomic E-state index is 0.0581. The van der Waals surface area contributed by atoms with Crippen molar-refractivity contribution in [3.63, 3.8) is 0 Å². The number of methoxy groups -OCH3 is 2. The van der Waals surface area contributed by atoms with Crippen LogP contribution in [0.3, 0.4) is 0 Å². The van der Waals surface area contributed by atoms with Crippen LogP contribution >= 0.6 is 11.6 Å². The highest BCUT2D eigenvalue weighted by Crippen LogP contribution is 2.29.